The first-order valence-corrected chi connectivity index (χ1v) is 10.9. The number of thiophene rings is 1. The molecule has 0 aliphatic carbocycles. The molecule has 0 fully saturated rings. The van der Waals surface area contributed by atoms with Gasteiger partial charge < -0.3 is 0 Å². The Bertz CT molecular complexity index is 1160. The van der Waals surface area contributed by atoms with Crippen LogP contribution in [0.1, 0.15) is 5.56 Å². The maximum absolute atomic E-state index is 6.24. The number of thiazole rings is 1. The predicted molar refractivity (Wildman–Crippen MR) is 121 cm³/mol. The SMILES string of the molecule is Clc1ccc(-c2csc(N/N=C/c3cn[nH]c3-c3cc(Cl)sc3Cl)n2)c(Cl)c1. The van der Waals surface area contributed by atoms with Crippen LogP contribution >= 0.6 is 69.1 Å². The standard InChI is InChI=1S/C17H9Cl4N5S2/c18-9-1-2-10(12(19)3-9)13-7-27-17(24-13)26-23-6-8-5-22-25-15(8)11-4-14(20)28-16(11)21/h1-7H,(H,22,25)(H,24,26)/b23-6+. The minimum absolute atomic E-state index is 0.544. The Morgan fingerprint density at radius 2 is 1.96 bits per heavy atom. The van der Waals surface area contributed by atoms with Crippen LogP contribution in [0.3, 0.4) is 0 Å². The summed E-state index contributed by atoms with van der Waals surface area (Å²) in [6.07, 6.45) is 3.29. The quantitative estimate of drug-likeness (QED) is 0.228. The fourth-order valence-electron chi connectivity index (χ4n) is 2.42. The molecule has 0 saturated heterocycles. The Labute approximate surface area is 187 Å². The average molecular weight is 489 g/mol. The van der Waals surface area contributed by atoms with Gasteiger partial charge >= 0.3 is 0 Å². The van der Waals surface area contributed by atoms with Crippen LogP contribution in [0, 0.1) is 0 Å². The lowest BCUT2D eigenvalue weighted by atomic mass is 10.2. The van der Waals surface area contributed by atoms with Crippen LogP contribution in [0.5, 0.6) is 0 Å². The number of benzene rings is 1. The Morgan fingerprint density at radius 1 is 1.11 bits per heavy atom. The molecular weight excluding hydrogens is 480 g/mol. The van der Waals surface area contributed by atoms with E-state index in [4.69, 9.17) is 46.4 Å². The smallest absolute Gasteiger partial charge is 0.203 e. The van der Waals surface area contributed by atoms with Crippen molar-refractivity contribution in [2.24, 2.45) is 5.10 Å². The van der Waals surface area contributed by atoms with Gasteiger partial charge in [-0.1, -0.05) is 46.4 Å². The van der Waals surface area contributed by atoms with Crippen molar-refractivity contribution in [3.63, 3.8) is 0 Å². The summed E-state index contributed by atoms with van der Waals surface area (Å²) in [5.41, 5.74) is 6.75. The lowest BCUT2D eigenvalue weighted by Gasteiger charge is -2.00. The molecule has 4 rings (SSSR count). The van der Waals surface area contributed by atoms with Crippen LogP contribution in [-0.2, 0) is 0 Å². The molecule has 0 atom stereocenters. The van der Waals surface area contributed by atoms with Crippen LogP contribution in [-0.4, -0.2) is 21.4 Å². The molecule has 0 unspecified atom stereocenters. The summed E-state index contributed by atoms with van der Waals surface area (Å²) in [5, 5.41) is 14.8. The first kappa shape index (κ1) is 19.7. The molecule has 1 aromatic carbocycles. The van der Waals surface area contributed by atoms with Gasteiger partial charge in [0.05, 0.1) is 33.2 Å². The number of nitrogens with zero attached hydrogens (tertiary/aromatic N) is 3. The van der Waals surface area contributed by atoms with E-state index in [1.165, 1.54) is 22.7 Å². The van der Waals surface area contributed by atoms with Crippen molar-refractivity contribution >= 4 is 80.4 Å². The molecule has 0 aliphatic heterocycles. The number of aromatic nitrogens is 3. The number of hydrogen-bond acceptors (Lipinski definition) is 6. The first-order chi connectivity index (χ1) is 13.5. The maximum Gasteiger partial charge on any atom is 0.203 e. The molecule has 0 amide bonds. The van der Waals surface area contributed by atoms with Gasteiger partial charge in [-0.25, -0.2) is 4.98 Å². The zero-order valence-corrected chi connectivity index (χ0v) is 18.4. The summed E-state index contributed by atoms with van der Waals surface area (Å²) in [4.78, 5) is 4.49. The molecule has 28 heavy (non-hydrogen) atoms. The second kappa shape index (κ2) is 8.41. The number of aromatic amines is 1. The summed E-state index contributed by atoms with van der Waals surface area (Å²) >= 11 is 27.1. The number of rotatable bonds is 5. The number of halogens is 4. The maximum atomic E-state index is 6.24. The van der Waals surface area contributed by atoms with Gasteiger partial charge in [0.1, 0.15) is 4.34 Å². The summed E-state index contributed by atoms with van der Waals surface area (Å²) in [6.45, 7) is 0. The highest BCUT2D eigenvalue weighted by molar-refractivity contribution is 7.20. The van der Waals surface area contributed by atoms with E-state index in [2.05, 4.69) is 25.7 Å². The molecule has 142 valence electrons. The van der Waals surface area contributed by atoms with Crippen LogP contribution in [0.2, 0.25) is 18.7 Å². The highest BCUT2D eigenvalue weighted by atomic mass is 35.5. The second-order valence-electron chi connectivity index (χ2n) is 5.47. The number of hydrazone groups is 1. The van der Waals surface area contributed by atoms with Crippen molar-refractivity contribution in [2.45, 2.75) is 0 Å². The zero-order valence-electron chi connectivity index (χ0n) is 13.7. The molecule has 4 aromatic rings. The largest absolute Gasteiger partial charge is 0.277 e. The van der Waals surface area contributed by atoms with E-state index in [-0.39, 0.29) is 0 Å². The molecule has 0 bridgehead atoms. The van der Waals surface area contributed by atoms with Crippen molar-refractivity contribution in [3.8, 4) is 22.5 Å². The summed E-state index contributed by atoms with van der Waals surface area (Å²) in [6, 6.07) is 7.08. The highest BCUT2D eigenvalue weighted by Crippen LogP contribution is 2.38. The van der Waals surface area contributed by atoms with Crippen molar-refractivity contribution in [2.75, 3.05) is 5.43 Å². The third kappa shape index (κ3) is 4.20. The van der Waals surface area contributed by atoms with Crippen molar-refractivity contribution in [3.05, 3.63) is 60.1 Å². The molecular formula is C17H9Cl4N5S2. The van der Waals surface area contributed by atoms with E-state index in [9.17, 15) is 0 Å². The van der Waals surface area contributed by atoms with Gasteiger partial charge in [-0.05, 0) is 24.3 Å². The predicted octanol–water partition coefficient (Wildman–Crippen LogP) is 7.32. The van der Waals surface area contributed by atoms with E-state index in [1.54, 1.807) is 30.6 Å². The van der Waals surface area contributed by atoms with Crippen molar-refractivity contribution < 1.29 is 0 Å². The number of nitrogens with one attached hydrogen (secondary N) is 2. The third-order valence-electron chi connectivity index (χ3n) is 3.67. The third-order valence-corrected chi connectivity index (χ3v) is 6.45. The zero-order chi connectivity index (χ0) is 19.7. The van der Waals surface area contributed by atoms with E-state index in [1.807, 2.05) is 11.4 Å². The summed E-state index contributed by atoms with van der Waals surface area (Å²) in [7, 11) is 0. The second-order valence-corrected chi connectivity index (χ2v) is 9.46. The molecule has 0 spiro atoms. The normalized spacial score (nSPS) is 11.4. The van der Waals surface area contributed by atoms with Gasteiger partial charge in [0.2, 0.25) is 5.13 Å². The average Bonchev–Trinajstić information content (AvgIpc) is 3.35. The van der Waals surface area contributed by atoms with Gasteiger partial charge in [-0.3, -0.25) is 10.5 Å². The first-order valence-electron chi connectivity index (χ1n) is 7.70. The topological polar surface area (TPSA) is 66.0 Å². The lowest BCUT2D eigenvalue weighted by molar-refractivity contribution is 1.10. The minimum Gasteiger partial charge on any atom is -0.277 e. The molecule has 3 aromatic heterocycles. The molecule has 0 radical (unpaired) electrons. The fraction of sp³-hybridized carbons (Fsp3) is 0. The minimum atomic E-state index is 0.544. The Morgan fingerprint density at radius 3 is 2.71 bits per heavy atom. The van der Waals surface area contributed by atoms with Gasteiger partial charge in [-0.15, -0.1) is 22.7 Å². The van der Waals surface area contributed by atoms with Gasteiger partial charge in [0.25, 0.3) is 0 Å². The Balaban J connectivity index is 1.50. The van der Waals surface area contributed by atoms with E-state index >= 15 is 0 Å². The molecule has 3 heterocycles. The summed E-state index contributed by atoms with van der Waals surface area (Å²) in [5.74, 6) is 0. The Kier molecular flexibility index (Phi) is 5.91. The summed E-state index contributed by atoms with van der Waals surface area (Å²) < 4.78 is 1.19. The number of hydrogen-bond donors (Lipinski definition) is 2. The fourth-order valence-corrected chi connectivity index (χ4v) is 5.06. The number of anilines is 1. The Hall–Kier alpha value is -1.61. The molecule has 0 aliphatic rings. The van der Waals surface area contributed by atoms with Crippen LogP contribution in [0.4, 0.5) is 5.13 Å². The lowest BCUT2D eigenvalue weighted by Crippen LogP contribution is -1.91. The van der Waals surface area contributed by atoms with E-state index in [0.29, 0.717) is 23.8 Å². The molecule has 5 nitrogen and oxygen atoms in total. The molecule has 2 N–H and O–H groups in total. The van der Waals surface area contributed by atoms with Crippen LogP contribution < -0.4 is 5.43 Å². The van der Waals surface area contributed by atoms with Gasteiger partial charge in [0, 0.05) is 27.1 Å². The van der Waals surface area contributed by atoms with Crippen LogP contribution in [0.15, 0.2) is 40.9 Å². The molecule has 11 heteroatoms. The van der Waals surface area contributed by atoms with E-state index in [0.717, 1.165) is 28.1 Å². The van der Waals surface area contributed by atoms with Crippen molar-refractivity contribution in [1.82, 2.24) is 15.2 Å². The number of H-pyrrole nitrogens is 1. The van der Waals surface area contributed by atoms with Gasteiger partial charge in [0.15, 0.2) is 0 Å². The van der Waals surface area contributed by atoms with Gasteiger partial charge in [-0.2, -0.15) is 10.2 Å². The van der Waals surface area contributed by atoms with E-state index < -0.39 is 0 Å². The van der Waals surface area contributed by atoms with Crippen LogP contribution in [0.25, 0.3) is 22.5 Å². The highest BCUT2D eigenvalue weighted by Gasteiger charge is 2.13. The molecule has 0 saturated carbocycles. The monoisotopic (exact) mass is 487 g/mol. The van der Waals surface area contributed by atoms with Crippen molar-refractivity contribution in [1.29, 1.82) is 0 Å².